The zero-order valence-corrected chi connectivity index (χ0v) is 12.3. The minimum Gasteiger partial charge on any atom is -0.274 e. The molecule has 0 N–H and O–H groups in total. The molecular formula is C18H18N2O. The van der Waals surface area contributed by atoms with Crippen molar-refractivity contribution in [3.63, 3.8) is 0 Å². The molecule has 3 aromatic rings. The number of imidazole rings is 1. The maximum absolute atomic E-state index is 12.4. The Balaban J connectivity index is 1.83. The second-order valence-corrected chi connectivity index (χ2v) is 5.42. The van der Waals surface area contributed by atoms with E-state index in [1.54, 1.807) is 10.9 Å². The van der Waals surface area contributed by atoms with Gasteiger partial charge in [-0.25, -0.2) is 4.98 Å². The van der Waals surface area contributed by atoms with Crippen molar-refractivity contribution in [1.82, 2.24) is 9.55 Å². The average molecular weight is 278 g/mol. The van der Waals surface area contributed by atoms with Gasteiger partial charge in [0.2, 0.25) is 5.91 Å². The largest absolute Gasteiger partial charge is 0.274 e. The van der Waals surface area contributed by atoms with E-state index in [0.717, 1.165) is 17.5 Å². The number of benzene rings is 2. The lowest BCUT2D eigenvalue weighted by Gasteiger charge is -2.05. The van der Waals surface area contributed by atoms with Gasteiger partial charge in [-0.3, -0.25) is 9.36 Å². The fraction of sp³-hybridized carbons (Fsp3) is 0.222. The highest BCUT2D eigenvalue weighted by Gasteiger charge is 2.11. The van der Waals surface area contributed by atoms with Gasteiger partial charge in [-0.05, 0) is 49.1 Å². The third-order valence-electron chi connectivity index (χ3n) is 3.90. The third-order valence-corrected chi connectivity index (χ3v) is 3.90. The number of hydrogen-bond acceptors (Lipinski definition) is 2. The van der Waals surface area contributed by atoms with Gasteiger partial charge in [0.25, 0.3) is 0 Å². The lowest BCUT2D eigenvalue weighted by atomic mass is 10.1. The van der Waals surface area contributed by atoms with E-state index in [1.807, 2.05) is 42.5 Å². The average Bonchev–Trinajstić information content (AvgIpc) is 2.89. The summed E-state index contributed by atoms with van der Waals surface area (Å²) in [4.78, 5) is 16.8. The molecule has 0 unspecified atom stereocenters. The van der Waals surface area contributed by atoms with Crippen molar-refractivity contribution >= 4 is 16.9 Å². The van der Waals surface area contributed by atoms with Crippen LogP contribution in [0, 0.1) is 13.8 Å². The van der Waals surface area contributed by atoms with Gasteiger partial charge in [0, 0.05) is 6.42 Å². The van der Waals surface area contributed by atoms with E-state index in [1.165, 1.54) is 16.7 Å². The number of aromatic nitrogens is 2. The lowest BCUT2D eigenvalue weighted by molar-refractivity contribution is 0.0907. The Kier molecular flexibility index (Phi) is 3.57. The molecule has 1 heterocycles. The summed E-state index contributed by atoms with van der Waals surface area (Å²) in [6.07, 6.45) is 2.88. The molecule has 0 spiro atoms. The first-order valence-electron chi connectivity index (χ1n) is 7.16. The summed E-state index contributed by atoms with van der Waals surface area (Å²) < 4.78 is 1.67. The first-order chi connectivity index (χ1) is 10.1. The Morgan fingerprint density at radius 2 is 1.81 bits per heavy atom. The third kappa shape index (κ3) is 2.72. The van der Waals surface area contributed by atoms with Gasteiger partial charge in [0.05, 0.1) is 11.0 Å². The molecule has 0 saturated heterocycles. The number of aryl methyl sites for hydroxylation is 3. The Morgan fingerprint density at radius 1 is 1.10 bits per heavy atom. The van der Waals surface area contributed by atoms with Crippen molar-refractivity contribution in [2.45, 2.75) is 26.7 Å². The van der Waals surface area contributed by atoms with E-state index in [9.17, 15) is 4.79 Å². The van der Waals surface area contributed by atoms with E-state index in [4.69, 9.17) is 0 Å². The van der Waals surface area contributed by atoms with Gasteiger partial charge in [-0.1, -0.05) is 30.3 Å². The summed E-state index contributed by atoms with van der Waals surface area (Å²) in [7, 11) is 0. The van der Waals surface area contributed by atoms with E-state index >= 15 is 0 Å². The van der Waals surface area contributed by atoms with E-state index in [-0.39, 0.29) is 5.91 Å². The van der Waals surface area contributed by atoms with Crippen LogP contribution in [0.3, 0.4) is 0 Å². The summed E-state index contributed by atoms with van der Waals surface area (Å²) in [5, 5.41) is 0. The lowest BCUT2D eigenvalue weighted by Crippen LogP contribution is -2.10. The topological polar surface area (TPSA) is 34.9 Å². The van der Waals surface area contributed by atoms with Crippen molar-refractivity contribution in [3.8, 4) is 0 Å². The van der Waals surface area contributed by atoms with Gasteiger partial charge >= 0.3 is 0 Å². The quantitative estimate of drug-likeness (QED) is 0.727. The first kappa shape index (κ1) is 13.6. The minimum absolute atomic E-state index is 0.0876. The molecule has 0 radical (unpaired) electrons. The molecule has 0 aliphatic carbocycles. The number of carbonyl (C=O) groups is 1. The van der Waals surface area contributed by atoms with Gasteiger partial charge < -0.3 is 0 Å². The zero-order valence-electron chi connectivity index (χ0n) is 12.3. The van der Waals surface area contributed by atoms with Crippen molar-refractivity contribution in [1.29, 1.82) is 0 Å². The molecule has 2 aromatic carbocycles. The predicted octanol–water partition coefficient (Wildman–Crippen LogP) is 3.93. The van der Waals surface area contributed by atoms with Crippen molar-refractivity contribution in [2.24, 2.45) is 0 Å². The maximum atomic E-state index is 12.4. The van der Waals surface area contributed by atoms with Crippen LogP contribution in [0.2, 0.25) is 0 Å². The van der Waals surface area contributed by atoms with Crippen molar-refractivity contribution in [3.05, 3.63) is 65.5 Å². The molecule has 0 saturated carbocycles. The zero-order chi connectivity index (χ0) is 14.8. The Hall–Kier alpha value is -2.42. The SMILES string of the molecule is Cc1cc2ncn(C(=O)CCc3ccccc3)c2cc1C. The van der Waals surface area contributed by atoms with E-state index in [2.05, 4.69) is 18.8 Å². The van der Waals surface area contributed by atoms with E-state index < -0.39 is 0 Å². The van der Waals surface area contributed by atoms with Crippen molar-refractivity contribution < 1.29 is 4.79 Å². The summed E-state index contributed by atoms with van der Waals surface area (Å²) in [6.45, 7) is 4.12. The molecule has 21 heavy (non-hydrogen) atoms. The van der Waals surface area contributed by atoms with Crippen LogP contribution in [0.4, 0.5) is 0 Å². The van der Waals surface area contributed by atoms with Gasteiger partial charge in [0.15, 0.2) is 0 Å². The van der Waals surface area contributed by atoms with Crippen LogP contribution < -0.4 is 0 Å². The van der Waals surface area contributed by atoms with Gasteiger partial charge in [-0.2, -0.15) is 0 Å². The molecule has 0 bridgehead atoms. The van der Waals surface area contributed by atoms with Gasteiger partial charge in [0.1, 0.15) is 6.33 Å². The standard InChI is InChI=1S/C18H18N2O/c1-13-10-16-17(11-14(13)2)20(12-19-16)18(21)9-8-15-6-4-3-5-7-15/h3-7,10-12H,8-9H2,1-2H3. The van der Waals surface area contributed by atoms with E-state index in [0.29, 0.717) is 6.42 Å². The van der Waals surface area contributed by atoms with Crippen LogP contribution in [0.25, 0.3) is 11.0 Å². The Labute approximate surface area is 124 Å². The molecule has 0 atom stereocenters. The fourth-order valence-corrected chi connectivity index (χ4v) is 2.48. The summed E-state index contributed by atoms with van der Waals surface area (Å²) in [6, 6.07) is 14.2. The second kappa shape index (κ2) is 5.52. The molecule has 0 fully saturated rings. The van der Waals surface area contributed by atoms with Gasteiger partial charge in [-0.15, -0.1) is 0 Å². The number of nitrogens with zero attached hydrogens (tertiary/aromatic N) is 2. The molecule has 3 heteroatoms. The Morgan fingerprint density at radius 3 is 2.57 bits per heavy atom. The summed E-state index contributed by atoms with van der Waals surface area (Å²) in [5.74, 6) is 0.0876. The fourth-order valence-electron chi connectivity index (χ4n) is 2.48. The van der Waals surface area contributed by atoms with Crippen LogP contribution in [0.1, 0.15) is 27.9 Å². The number of hydrogen-bond donors (Lipinski definition) is 0. The number of rotatable bonds is 3. The predicted molar refractivity (Wildman–Crippen MR) is 84.6 cm³/mol. The molecule has 3 nitrogen and oxygen atoms in total. The second-order valence-electron chi connectivity index (χ2n) is 5.42. The van der Waals surface area contributed by atoms with Crippen LogP contribution >= 0.6 is 0 Å². The summed E-state index contributed by atoms with van der Waals surface area (Å²) in [5.41, 5.74) is 5.34. The van der Waals surface area contributed by atoms with Crippen LogP contribution in [0.15, 0.2) is 48.8 Å². The smallest absolute Gasteiger partial charge is 0.232 e. The maximum Gasteiger partial charge on any atom is 0.232 e. The molecule has 106 valence electrons. The monoisotopic (exact) mass is 278 g/mol. The minimum atomic E-state index is 0.0876. The molecule has 3 rings (SSSR count). The van der Waals surface area contributed by atoms with Crippen LogP contribution in [-0.2, 0) is 6.42 Å². The normalized spacial score (nSPS) is 11.0. The highest BCUT2D eigenvalue weighted by atomic mass is 16.2. The van der Waals surface area contributed by atoms with Crippen molar-refractivity contribution in [2.75, 3.05) is 0 Å². The first-order valence-corrected chi connectivity index (χ1v) is 7.16. The Bertz CT molecular complexity index is 788. The highest BCUT2D eigenvalue weighted by molar-refractivity contribution is 5.90. The number of carbonyl (C=O) groups excluding carboxylic acids is 1. The summed E-state index contributed by atoms with van der Waals surface area (Å²) >= 11 is 0. The van der Waals surface area contributed by atoms with Crippen LogP contribution in [-0.4, -0.2) is 15.5 Å². The molecule has 0 amide bonds. The molecule has 0 aliphatic heterocycles. The van der Waals surface area contributed by atoms with Crippen LogP contribution in [0.5, 0.6) is 0 Å². The molecular weight excluding hydrogens is 260 g/mol. The molecule has 0 aliphatic rings. The molecule has 1 aromatic heterocycles. The highest BCUT2D eigenvalue weighted by Crippen LogP contribution is 2.19. The number of fused-ring (bicyclic) bond motifs is 1.